The molecule has 2 aromatic heterocycles. The fraction of sp³-hybridized carbons (Fsp3) is 0.318. The van der Waals surface area contributed by atoms with E-state index in [9.17, 15) is 14.9 Å². The Labute approximate surface area is 188 Å². The predicted molar refractivity (Wildman–Crippen MR) is 119 cm³/mol. The summed E-state index contributed by atoms with van der Waals surface area (Å²) in [6.45, 7) is -1.01. The van der Waals surface area contributed by atoms with E-state index in [1.165, 1.54) is 24.1 Å². The zero-order valence-corrected chi connectivity index (χ0v) is 17.5. The highest BCUT2D eigenvalue weighted by atomic mass is 16.5. The number of nitrogens with one attached hydrogen (secondary N) is 3. The summed E-state index contributed by atoms with van der Waals surface area (Å²) >= 11 is 0. The number of nitriles is 1. The van der Waals surface area contributed by atoms with E-state index >= 15 is 0 Å². The highest BCUT2D eigenvalue weighted by molar-refractivity contribution is 6.02. The lowest BCUT2D eigenvalue weighted by atomic mass is 10.1. The number of amides is 2. The number of benzene rings is 1. The smallest absolute Gasteiger partial charge is 0.254 e. The van der Waals surface area contributed by atoms with E-state index in [2.05, 4.69) is 26.8 Å². The second-order valence-corrected chi connectivity index (χ2v) is 7.44. The second-order valence-electron chi connectivity index (χ2n) is 7.44. The zero-order valence-electron chi connectivity index (χ0n) is 20.5. The van der Waals surface area contributed by atoms with Crippen LogP contribution in [0.1, 0.15) is 40.3 Å². The Morgan fingerprint density at radius 2 is 2.16 bits per heavy atom. The number of carbonyl (C=O) groups is 2. The molecule has 164 valence electrons. The first-order chi connectivity index (χ1) is 16.6. The minimum absolute atomic E-state index is 0.0494. The SMILES string of the molecule is [2H]C([2H])([2H])NC(=O)c1cnc(NC(=O)C2CC2)cc1Nc1ccc2cnn([C@H](C)C#N)c2c1OC. The summed E-state index contributed by atoms with van der Waals surface area (Å²) < 4.78 is 29.2. The molecule has 3 aromatic rings. The molecule has 0 bridgehead atoms. The van der Waals surface area contributed by atoms with Gasteiger partial charge in [-0.1, -0.05) is 0 Å². The van der Waals surface area contributed by atoms with Crippen LogP contribution in [-0.4, -0.2) is 40.7 Å². The molecule has 1 aliphatic rings. The molecule has 1 atom stereocenters. The van der Waals surface area contributed by atoms with Gasteiger partial charge >= 0.3 is 0 Å². The summed E-state index contributed by atoms with van der Waals surface area (Å²) in [7, 11) is 1.46. The topological polar surface area (TPSA) is 134 Å². The number of aromatic nitrogens is 3. The molecule has 1 aliphatic carbocycles. The maximum Gasteiger partial charge on any atom is 0.254 e. The summed E-state index contributed by atoms with van der Waals surface area (Å²) in [4.78, 5) is 29.0. The maximum atomic E-state index is 12.7. The third-order valence-corrected chi connectivity index (χ3v) is 5.20. The van der Waals surface area contributed by atoms with E-state index in [0.29, 0.717) is 17.0 Å². The molecule has 32 heavy (non-hydrogen) atoms. The van der Waals surface area contributed by atoms with E-state index < -0.39 is 18.9 Å². The molecule has 0 radical (unpaired) electrons. The van der Waals surface area contributed by atoms with Gasteiger partial charge < -0.3 is 20.7 Å². The first kappa shape index (κ1) is 17.5. The molecule has 0 saturated heterocycles. The molecular weight excluding hydrogens is 410 g/mol. The number of methoxy groups -OCH3 is 1. The Bertz CT molecular complexity index is 1340. The van der Waals surface area contributed by atoms with Crippen LogP contribution in [0.5, 0.6) is 5.75 Å². The summed E-state index contributed by atoms with van der Waals surface area (Å²) in [6.07, 6.45) is 4.42. The van der Waals surface area contributed by atoms with E-state index in [0.717, 1.165) is 18.2 Å². The minimum Gasteiger partial charge on any atom is -0.492 e. The Hall–Kier alpha value is -4.13. The van der Waals surface area contributed by atoms with E-state index in [4.69, 9.17) is 8.85 Å². The van der Waals surface area contributed by atoms with Crippen molar-refractivity contribution in [3.8, 4) is 11.8 Å². The first-order valence-electron chi connectivity index (χ1n) is 11.5. The Morgan fingerprint density at radius 1 is 1.34 bits per heavy atom. The van der Waals surface area contributed by atoms with Gasteiger partial charge in [-0.3, -0.25) is 9.59 Å². The number of carbonyl (C=O) groups excluding carboxylic acids is 2. The van der Waals surface area contributed by atoms with Crippen molar-refractivity contribution in [2.45, 2.75) is 25.8 Å². The monoisotopic (exact) mass is 436 g/mol. The fourth-order valence-corrected chi connectivity index (χ4v) is 3.36. The fourth-order valence-electron chi connectivity index (χ4n) is 3.36. The van der Waals surface area contributed by atoms with Crippen molar-refractivity contribution in [2.24, 2.45) is 5.92 Å². The van der Waals surface area contributed by atoms with Gasteiger partial charge in [0.15, 0.2) is 5.75 Å². The highest BCUT2D eigenvalue weighted by Crippen LogP contribution is 2.37. The number of pyridine rings is 1. The molecule has 1 saturated carbocycles. The average molecular weight is 436 g/mol. The predicted octanol–water partition coefficient (Wildman–Crippen LogP) is 2.98. The molecule has 0 aliphatic heterocycles. The maximum absolute atomic E-state index is 12.7. The van der Waals surface area contributed by atoms with Gasteiger partial charge in [0.1, 0.15) is 17.4 Å². The van der Waals surface area contributed by atoms with Gasteiger partial charge in [-0.05, 0) is 31.9 Å². The van der Waals surface area contributed by atoms with Crippen LogP contribution in [0, 0.1) is 17.2 Å². The second kappa shape index (κ2) is 8.55. The molecule has 3 N–H and O–H groups in total. The van der Waals surface area contributed by atoms with Crippen molar-refractivity contribution >= 4 is 39.9 Å². The Morgan fingerprint density at radius 3 is 2.84 bits per heavy atom. The molecule has 10 heteroatoms. The van der Waals surface area contributed by atoms with Gasteiger partial charge in [0, 0.05) is 34.7 Å². The highest BCUT2D eigenvalue weighted by Gasteiger charge is 2.30. The van der Waals surface area contributed by atoms with Gasteiger partial charge in [-0.2, -0.15) is 10.4 Å². The van der Waals surface area contributed by atoms with Gasteiger partial charge in [0.25, 0.3) is 5.91 Å². The number of ether oxygens (including phenoxy) is 1. The molecule has 2 amide bonds. The summed E-state index contributed by atoms with van der Waals surface area (Å²) in [6, 6.07) is 6.50. The van der Waals surface area contributed by atoms with Gasteiger partial charge in [-0.25, -0.2) is 9.67 Å². The number of rotatable bonds is 7. The van der Waals surface area contributed by atoms with Crippen LogP contribution < -0.4 is 20.7 Å². The zero-order chi connectivity index (χ0) is 25.3. The van der Waals surface area contributed by atoms with Crippen molar-refractivity contribution in [3.63, 3.8) is 0 Å². The number of hydrogen-bond acceptors (Lipinski definition) is 7. The molecule has 4 rings (SSSR count). The lowest BCUT2D eigenvalue weighted by Crippen LogP contribution is -2.20. The van der Waals surface area contributed by atoms with Crippen molar-refractivity contribution in [3.05, 3.63) is 36.2 Å². The molecule has 1 aromatic carbocycles. The largest absolute Gasteiger partial charge is 0.492 e. The number of fused-ring (bicyclic) bond motifs is 1. The molecule has 0 unspecified atom stereocenters. The lowest BCUT2D eigenvalue weighted by molar-refractivity contribution is -0.117. The van der Waals surface area contributed by atoms with Crippen LogP contribution in [0.4, 0.5) is 17.2 Å². The molecular formula is C22H23N7O3. The molecule has 2 heterocycles. The molecule has 0 spiro atoms. The van der Waals surface area contributed by atoms with Crippen molar-refractivity contribution < 1.29 is 18.4 Å². The van der Waals surface area contributed by atoms with Crippen LogP contribution in [-0.2, 0) is 4.79 Å². The third kappa shape index (κ3) is 3.92. The lowest BCUT2D eigenvalue weighted by Gasteiger charge is -2.17. The van der Waals surface area contributed by atoms with Crippen LogP contribution in [0.25, 0.3) is 10.9 Å². The van der Waals surface area contributed by atoms with Crippen molar-refractivity contribution in [1.29, 1.82) is 5.26 Å². The summed E-state index contributed by atoms with van der Waals surface area (Å²) in [5, 5.41) is 22.2. The van der Waals surface area contributed by atoms with Gasteiger partial charge in [0.05, 0.1) is 36.3 Å². The Kier molecular flexibility index (Phi) is 4.68. The van der Waals surface area contributed by atoms with Gasteiger partial charge in [-0.15, -0.1) is 0 Å². The number of nitrogens with zero attached hydrogens (tertiary/aromatic N) is 4. The molecule has 1 fully saturated rings. The summed E-state index contributed by atoms with van der Waals surface area (Å²) in [5.41, 5.74) is 1.15. The standard InChI is InChI=1S/C22H23N7O3/c1-12(9-23)29-19-14(10-26-29)6-7-16(20(19)32-3)27-17-8-18(28-21(30)13-4-5-13)25-11-15(17)22(31)24-2/h6-8,10-13H,4-5H2,1-3H3,(H,24,31)(H2,25,27,28,30)/t12-/m1/s1/i2D3. The number of anilines is 3. The number of hydrogen-bond donors (Lipinski definition) is 3. The van der Waals surface area contributed by atoms with Crippen LogP contribution in [0.3, 0.4) is 0 Å². The van der Waals surface area contributed by atoms with Crippen LogP contribution >= 0.6 is 0 Å². The van der Waals surface area contributed by atoms with E-state index in [1.807, 2.05) is 5.32 Å². The van der Waals surface area contributed by atoms with E-state index in [1.54, 1.807) is 25.3 Å². The first-order valence-corrected chi connectivity index (χ1v) is 9.95. The normalized spacial score (nSPS) is 15.6. The van der Waals surface area contributed by atoms with Crippen LogP contribution in [0.15, 0.2) is 30.6 Å². The third-order valence-electron chi connectivity index (χ3n) is 5.20. The Balaban J connectivity index is 1.77. The summed E-state index contributed by atoms with van der Waals surface area (Å²) in [5.74, 6) is -0.529. The van der Waals surface area contributed by atoms with E-state index in [-0.39, 0.29) is 28.9 Å². The van der Waals surface area contributed by atoms with Gasteiger partial charge in [0.2, 0.25) is 5.91 Å². The average Bonchev–Trinajstić information content (AvgIpc) is 3.57. The van der Waals surface area contributed by atoms with Crippen LogP contribution in [0.2, 0.25) is 0 Å². The quantitative estimate of drug-likeness (QED) is 0.518. The van der Waals surface area contributed by atoms with Crippen molar-refractivity contribution in [2.75, 3.05) is 24.7 Å². The van der Waals surface area contributed by atoms with Crippen molar-refractivity contribution in [1.82, 2.24) is 20.1 Å². The minimum atomic E-state index is -2.70. The molecule has 10 nitrogen and oxygen atoms in total.